The third kappa shape index (κ3) is 1.62. The highest BCUT2D eigenvalue weighted by Gasteiger charge is 2.14. The quantitative estimate of drug-likeness (QED) is 0.876. The molecule has 0 bridgehead atoms. The molecule has 1 aromatic heterocycles. The van der Waals surface area contributed by atoms with Crippen molar-refractivity contribution in [3.8, 4) is 5.75 Å². The number of benzene rings is 1. The highest BCUT2D eigenvalue weighted by Crippen LogP contribution is 2.38. The number of nitrogen functional groups attached to an aromatic ring is 1. The highest BCUT2D eigenvalue weighted by atomic mass is 79.9. The van der Waals surface area contributed by atoms with Gasteiger partial charge in [-0.05, 0) is 35.0 Å². The van der Waals surface area contributed by atoms with Crippen LogP contribution in [0.5, 0.6) is 5.75 Å². The monoisotopic (exact) mass is 300 g/mol. The molecule has 0 unspecified atom stereocenters. The number of nitrogens with zero attached hydrogens (tertiary/aromatic N) is 1. The molecule has 16 heavy (non-hydrogen) atoms. The number of rotatable bonds is 1. The van der Waals surface area contributed by atoms with Crippen LogP contribution in [0.15, 0.2) is 16.6 Å². The molecule has 0 fully saturated rings. The average molecular weight is 302 g/mol. The lowest BCUT2D eigenvalue weighted by atomic mass is 10.1. The number of methoxy groups -OCH3 is 1. The largest absolute Gasteiger partial charge is 0.494 e. The number of nitrogens with two attached hydrogens (primary N) is 1. The van der Waals surface area contributed by atoms with Crippen molar-refractivity contribution >= 4 is 44.1 Å². The Bertz CT molecular complexity index is 572. The molecule has 0 saturated carbocycles. The molecule has 0 saturated heterocycles. The lowest BCUT2D eigenvalue weighted by molar-refractivity contribution is 0.419. The molecule has 84 valence electrons. The first kappa shape index (κ1) is 11.5. The fourth-order valence-electron chi connectivity index (χ4n) is 1.60. The second-order valence-corrected chi connectivity index (χ2v) is 4.60. The predicted molar refractivity (Wildman–Crippen MR) is 70.2 cm³/mol. The fraction of sp³-hybridized carbons (Fsp3) is 0.182. The van der Waals surface area contributed by atoms with Gasteiger partial charge in [0.15, 0.2) is 0 Å². The summed E-state index contributed by atoms with van der Waals surface area (Å²) in [5, 5.41) is 1.29. The molecule has 0 aliphatic heterocycles. The number of anilines is 1. The van der Waals surface area contributed by atoms with Crippen molar-refractivity contribution in [3.05, 3.63) is 27.3 Å². The van der Waals surface area contributed by atoms with Crippen LogP contribution in [0.1, 0.15) is 5.69 Å². The zero-order chi connectivity index (χ0) is 11.9. The number of hydrogen-bond acceptors (Lipinski definition) is 3. The van der Waals surface area contributed by atoms with E-state index in [1.807, 2.05) is 6.92 Å². The average Bonchev–Trinajstić information content (AvgIpc) is 2.26. The summed E-state index contributed by atoms with van der Waals surface area (Å²) in [4.78, 5) is 4.43. The normalized spacial score (nSPS) is 10.8. The van der Waals surface area contributed by atoms with Gasteiger partial charge in [-0.15, -0.1) is 0 Å². The maximum atomic E-state index is 6.12. The minimum absolute atomic E-state index is 0.571. The maximum Gasteiger partial charge on any atom is 0.145 e. The van der Waals surface area contributed by atoms with Crippen molar-refractivity contribution in [2.24, 2.45) is 0 Å². The summed E-state index contributed by atoms with van der Waals surface area (Å²) in [5.74, 6) is 0.668. The second-order valence-electron chi connectivity index (χ2n) is 3.40. The van der Waals surface area contributed by atoms with Gasteiger partial charge in [-0.2, -0.15) is 0 Å². The number of pyridine rings is 1. The van der Waals surface area contributed by atoms with Crippen molar-refractivity contribution < 1.29 is 4.74 Å². The van der Waals surface area contributed by atoms with Crippen LogP contribution in [-0.4, -0.2) is 12.1 Å². The summed E-state index contributed by atoms with van der Waals surface area (Å²) < 4.78 is 6.01. The first-order chi connectivity index (χ1) is 7.56. The maximum absolute atomic E-state index is 6.12. The first-order valence-corrected chi connectivity index (χ1v) is 5.81. The molecule has 3 nitrogen and oxygen atoms in total. The van der Waals surface area contributed by atoms with Gasteiger partial charge >= 0.3 is 0 Å². The van der Waals surface area contributed by atoms with E-state index in [-0.39, 0.29) is 0 Å². The van der Waals surface area contributed by atoms with Gasteiger partial charge in [-0.3, -0.25) is 0 Å². The minimum Gasteiger partial charge on any atom is -0.494 e. The van der Waals surface area contributed by atoms with Gasteiger partial charge < -0.3 is 10.5 Å². The van der Waals surface area contributed by atoms with E-state index >= 15 is 0 Å². The van der Waals surface area contributed by atoms with Crippen molar-refractivity contribution in [3.63, 3.8) is 0 Å². The molecular weight excluding hydrogens is 291 g/mol. The van der Waals surface area contributed by atoms with E-state index in [1.165, 1.54) is 0 Å². The SMILES string of the molecule is COc1ccc(Cl)c2c(N)c(Br)c(C)nc12. The van der Waals surface area contributed by atoms with E-state index in [2.05, 4.69) is 20.9 Å². The molecule has 1 aromatic carbocycles. The smallest absolute Gasteiger partial charge is 0.145 e. The molecular formula is C11H10BrClN2O. The van der Waals surface area contributed by atoms with Gasteiger partial charge in [-0.1, -0.05) is 11.6 Å². The fourth-order valence-corrected chi connectivity index (χ4v) is 2.14. The molecule has 0 atom stereocenters. The Hall–Kier alpha value is -1.00. The van der Waals surface area contributed by atoms with Crippen LogP contribution >= 0.6 is 27.5 Å². The molecule has 2 aromatic rings. The number of aryl methyl sites for hydroxylation is 1. The molecule has 2 rings (SSSR count). The van der Waals surface area contributed by atoms with Crippen LogP contribution in [-0.2, 0) is 0 Å². The van der Waals surface area contributed by atoms with Gasteiger partial charge in [0.1, 0.15) is 11.3 Å². The van der Waals surface area contributed by atoms with Crippen molar-refractivity contribution in [1.82, 2.24) is 4.98 Å². The van der Waals surface area contributed by atoms with Crippen molar-refractivity contribution in [2.75, 3.05) is 12.8 Å². The number of ether oxygens (including phenoxy) is 1. The van der Waals surface area contributed by atoms with E-state index in [4.69, 9.17) is 22.1 Å². The van der Waals surface area contributed by atoms with Gasteiger partial charge in [0.05, 0.1) is 28.0 Å². The number of hydrogen-bond donors (Lipinski definition) is 1. The van der Waals surface area contributed by atoms with Crippen LogP contribution in [0.25, 0.3) is 10.9 Å². The Morgan fingerprint density at radius 3 is 2.75 bits per heavy atom. The zero-order valence-electron chi connectivity index (χ0n) is 8.84. The molecule has 0 spiro atoms. The minimum atomic E-state index is 0.571. The number of fused-ring (bicyclic) bond motifs is 1. The first-order valence-electron chi connectivity index (χ1n) is 4.64. The summed E-state index contributed by atoms with van der Waals surface area (Å²) in [6.45, 7) is 1.88. The Kier molecular flexibility index (Phi) is 2.95. The van der Waals surface area contributed by atoms with Crippen LogP contribution in [0.4, 0.5) is 5.69 Å². The Labute approximate surface area is 107 Å². The summed E-state index contributed by atoms with van der Waals surface area (Å²) in [7, 11) is 1.60. The Morgan fingerprint density at radius 1 is 1.44 bits per heavy atom. The standard InChI is InChI=1S/C11H10BrClN2O/c1-5-9(12)10(14)8-6(13)3-4-7(16-2)11(8)15-5/h3-4H,1-2H3,(H2,14,15). The van der Waals surface area contributed by atoms with Gasteiger partial charge in [0.2, 0.25) is 0 Å². The summed E-state index contributed by atoms with van der Waals surface area (Å²) in [5.41, 5.74) is 8.10. The summed E-state index contributed by atoms with van der Waals surface area (Å²) >= 11 is 9.51. The van der Waals surface area contributed by atoms with E-state index in [9.17, 15) is 0 Å². The molecule has 2 N–H and O–H groups in total. The third-order valence-corrected chi connectivity index (χ3v) is 3.73. The molecule has 0 aliphatic carbocycles. The molecule has 5 heteroatoms. The molecule has 1 heterocycles. The van der Waals surface area contributed by atoms with Crippen LogP contribution < -0.4 is 10.5 Å². The summed E-state index contributed by atoms with van der Waals surface area (Å²) in [6, 6.07) is 3.53. The molecule has 0 aliphatic rings. The van der Waals surface area contributed by atoms with Gasteiger partial charge in [-0.25, -0.2) is 4.98 Å². The second kappa shape index (κ2) is 4.11. The van der Waals surface area contributed by atoms with Crippen LogP contribution in [0.3, 0.4) is 0 Å². The lowest BCUT2D eigenvalue weighted by Gasteiger charge is -2.11. The predicted octanol–water partition coefficient (Wildman–Crippen LogP) is 3.55. The Balaban J connectivity index is 2.98. The Morgan fingerprint density at radius 2 is 2.12 bits per heavy atom. The summed E-state index contributed by atoms with van der Waals surface area (Å²) in [6.07, 6.45) is 0. The van der Waals surface area contributed by atoms with Crippen molar-refractivity contribution in [2.45, 2.75) is 6.92 Å². The topological polar surface area (TPSA) is 48.1 Å². The van der Waals surface area contributed by atoms with Gasteiger partial charge in [0, 0.05) is 5.39 Å². The van der Waals surface area contributed by atoms with E-state index in [1.54, 1.807) is 19.2 Å². The zero-order valence-corrected chi connectivity index (χ0v) is 11.2. The van der Waals surface area contributed by atoms with E-state index < -0.39 is 0 Å². The number of halogens is 2. The third-order valence-electron chi connectivity index (χ3n) is 2.41. The highest BCUT2D eigenvalue weighted by molar-refractivity contribution is 9.10. The molecule has 0 amide bonds. The van der Waals surface area contributed by atoms with E-state index in [0.717, 1.165) is 15.6 Å². The van der Waals surface area contributed by atoms with E-state index in [0.29, 0.717) is 22.0 Å². The van der Waals surface area contributed by atoms with Gasteiger partial charge in [0.25, 0.3) is 0 Å². The van der Waals surface area contributed by atoms with Crippen molar-refractivity contribution in [1.29, 1.82) is 0 Å². The number of aromatic nitrogens is 1. The van der Waals surface area contributed by atoms with Crippen LogP contribution in [0, 0.1) is 6.92 Å². The van der Waals surface area contributed by atoms with Crippen LogP contribution in [0.2, 0.25) is 5.02 Å². The molecule has 0 radical (unpaired) electrons. The lowest BCUT2D eigenvalue weighted by Crippen LogP contribution is -1.97.